The van der Waals surface area contributed by atoms with E-state index in [1.54, 1.807) is 0 Å². The van der Waals surface area contributed by atoms with Gasteiger partial charge in [0.2, 0.25) is 0 Å². The van der Waals surface area contributed by atoms with Crippen LogP contribution < -0.4 is 0 Å². The minimum Gasteiger partial charge on any atom is -0.392 e. The van der Waals surface area contributed by atoms with Crippen LogP contribution in [0.25, 0.3) is 11.1 Å². The molecule has 0 aromatic heterocycles. The summed E-state index contributed by atoms with van der Waals surface area (Å²) < 4.78 is 0. The molecule has 0 radical (unpaired) electrons. The molecule has 0 saturated carbocycles. The van der Waals surface area contributed by atoms with Crippen LogP contribution in [0.4, 0.5) is 0 Å². The van der Waals surface area contributed by atoms with Gasteiger partial charge in [0.05, 0.1) is 6.61 Å². The van der Waals surface area contributed by atoms with E-state index >= 15 is 0 Å². The molecular weight excluding hydrogens is 208 g/mol. The van der Waals surface area contributed by atoms with E-state index in [2.05, 4.69) is 51.1 Å². The lowest BCUT2D eigenvalue weighted by molar-refractivity contribution is 0.282. The zero-order valence-electron chi connectivity index (χ0n) is 10.6. The van der Waals surface area contributed by atoms with Crippen molar-refractivity contribution in [1.29, 1.82) is 0 Å². The van der Waals surface area contributed by atoms with Crippen LogP contribution in [0, 0.1) is 20.8 Å². The van der Waals surface area contributed by atoms with E-state index in [0.29, 0.717) is 0 Å². The molecule has 0 amide bonds. The Bertz CT molecular complexity index is 541. The number of rotatable bonds is 2. The summed E-state index contributed by atoms with van der Waals surface area (Å²) in [6, 6.07) is 12.6. The Morgan fingerprint density at radius 1 is 0.824 bits per heavy atom. The van der Waals surface area contributed by atoms with Crippen molar-refractivity contribution >= 4 is 0 Å². The van der Waals surface area contributed by atoms with Crippen molar-refractivity contribution in [3.63, 3.8) is 0 Å². The maximum atomic E-state index is 9.22. The molecule has 1 heteroatoms. The van der Waals surface area contributed by atoms with Crippen molar-refractivity contribution in [1.82, 2.24) is 0 Å². The third-order valence-corrected chi connectivity index (χ3v) is 3.17. The number of aliphatic hydroxyl groups is 1. The summed E-state index contributed by atoms with van der Waals surface area (Å²) in [4.78, 5) is 0. The van der Waals surface area contributed by atoms with Gasteiger partial charge >= 0.3 is 0 Å². The highest BCUT2D eigenvalue weighted by molar-refractivity contribution is 5.71. The Kier molecular flexibility index (Phi) is 3.30. The van der Waals surface area contributed by atoms with Crippen LogP contribution in [0.3, 0.4) is 0 Å². The van der Waals surface area contributed by atoms with E-state index in [4.69, 9.17) is 0 Å². The van der Waals surface area contributed by atoms with Gasteiger partial charge in [-0.1, -0.05) is 35.9 Å². The third-order valence-electron chi connectivity index (χ3n) is 3.17. The Morgan fingerprint density at radius 2 is 1.41 bits per heavy atom. The lowest BCUT2D eigenvalue weighted by atomic mass is 9.94. The van der Waals surface area contributed by atoms with E-state index in [-0.39, 0.29) is 6.61 Å². The SMILES string of the molecule is Cc1ccc(C)c(-c2cc(CO)ccc2C)c1. The van der Waals surface area contributed by atoms with Crippen LogP contribution in [0.2, 0.25) is 0 Å². The van der Waals surface area contributed by atoms with Crippen molar-refractivity contribution in [2.24, 2.45) is 0 Å². The first kappa shape index (κ1) is 11.9. The highest BCUT2D eigenvalue weighted by atomic mass is 16.3. The fourth-order valence-corrected chi connectivity index (χ4v) is 2.08. The highest BCUT2D eigenvalue weighted by Crippen LogP contribution is 2.28. The lowest BCUT2D eigenvalue weighted by Crippen LogP contribution is -1.91. The molecule has 0 atom stereocenters. The standard InChI is InChI=1S/C16H18O/c1-11-4-5-12(2)15(8-11)16-9-14(10-17)7-6-13(16)3/h4-9,17H,10H2,1-3H3. The van der Waals surface area contributed by atoms with E-state index in [9.17, 15) is 5.11 Å². The average molecular weight is 226 g/mol. The first-order chi connectivity index (χ1) is 8.11. The van der Waals surface area contributed by atoms with Crippen LogP contribution in [0.5, 0.6) is 0 Å². The van der Waals surface area contributed by atoms with Crippen LogP contribution in [-0.2, 0) is 6.61 Å². The van der Waals surface area contributed by atoms with Crippen molar-refractivity contribution < 1.29 is 5.11 Å². The van der Waals surface area contributed by atoms with E-state index in [0.717, 1.165) is 5.56 Å². The molecule has 0 aliphatic rings. The molecule has 0 aliphatic carbocycles. The number of aryl methyl sites for hydroxylation is 3. The second-order valence-electron chi connectivity index (χ2n) is 4.63. The Morgan fingerprint density at radius 3 is 2.06 bits per heavy atom. The third kappa shape index (κ3) is 2.40. The highest BCUT2D eigenvalue weighted by Gasteiger charge is 2.06. The fraction of sp³-hybridized carbons (Fsp3) is 0.250. The predicted octanol–water partition coefficient (Wildman–Crippen LogP) is 3.77. The maximum Gasteiger partial charge on any atom is 0.0682 e. The molecule has 0 saturated heterocycles. The monoisotopic (exact) mass is 226 g/mol. The summed E-state index contributed by atoms with van der Waals surface area (Å²) in [7, 11) is 0. The molecular formula is C16H18O. The summed E-state index contributed by atoms with van der Waals surface area (Å²) in [6.07, 6.45) is 0. The average Bonchev–Trinajstić information content (AvgIpc) is 2.33. The molecule has 1 nitrogen and oxygen atoms in total. The van der Waals surface area contributed by atoms with Crippen LogP contribution in [-0.4, -0.2) is 5.11 Å². The normalized spacial score (nSPS) is 10.6. The zero-order chi connectivity index (χ0) is 12.4. The van der Waals surface area contributed by atoms with Gasteiger partial charge in [0.1, 0.15) is 0 Å². The molecule has 2 aromatic rings. The molecule has 0 fully saturated rings. The molecule has 88 valence electrons. The van der Waals surface area contributed by atoms with Gasteiger partial charge in [-0.05, 0) is 54.7 Å². The van der Waals surface area contributed by atoms with Gasteiger partial charge in [-0.2, -0.15) is 0 Å². The Labute approximate surface area is 103 Å². The largest absolute Gasteiger partial charge is 0.392 e. The van der Waals surface area contributed by atoms with Crippen molar-refractivity contribution in [2.45, 2.75) is 27.4 Å². The summed E-state index contributed by atoms with van der Waals surface area (Å²) in [5.41, 5.74) is 7.23. The molecule has 2 aromatic carbocycles. The van der Waals surface area contributed by atoms with Crippen molar-refractivity contribution in [3.8, 4) is 11.1 Å². The van der Waals surface area contributed by atoms with E-state index < -0.39 is 0 Å². The molecule has 0 heterocycles. The summed E-state index contributed by atoms with van der Waals surface area (Å²) in [6.45, 7) is 6.43. The molecule has 1 N–H and O–H groups in total. The molecule has 0 aliphatic heterocycles. The van der Waals surface area contributed by atoms with Crippen LogP contribution in [0.15, 0.2) is 36.4 Å². The van der Waals surface area contributed by atoms with Gasteiger partial charge < -0.3 is 5.11 Å². The van der Waals surface area contributed by atoms with Gasteiger partial charge in [0.15, 0.2) is 0 Å². The Hall–Kier alpha value is -1.60. The quantitative estimate of drug-likeness (QED) is 0.826. The second kappa shape index (κ2) is 4.72. The Balaban J connectivity index is 2.62. The number of hydrogen-bond acceptors (Lipinski definition) is 1. The van der Waals surface area contributed by atoms with Gasteiger partial charge in [-0.15, -0.1) is 0 Å². The lowest BCUT2D eigenvalue weighted by Gasteiger charge is -2.12. The molecule has 0 spiro atoms. The second-order valence-corrected chi connectivity index (χ2v) is 4.63. The molecule has 17 heavy (non-hydrogen) atoms. The topological polar surface area (TPSA) is 20.2 Å². The summed E-state index contributed by atoms with van der Waals surface area (Å²) in [5, 5.41) is 9.22. The molecule has 0 unspecified atom stereocenters. The molecule has 0 bridgehead atoms. The number of benzene rings is 2. The van der Waals surface area contributed by atoms with E-state index in [1.165, 1.54) is 27.8 Å². The smallest absolute Gasteiger partial charge is 0.0682 e. The van der Waals surface area contributed by atoms with Gasteiger partial charge in [-0.3, -0.25) is 0 Å². The first-order valence-corrected chi connectivity index (χ1v) is 5.90. The number of aliphatic hydroxyl groups excluding tert-OH is 1. The summed E-state index contributed by atoms with van der Waals surface area (Å²) in [5.74, 6) is 0. The van der Waals surface area contributed by atoms with Crippen LogP contribution in [0.1, 0.15) is 22.3 Å². The molecule has 2 rings (SSSR count). The van der Waals surface area contributed by atoms with Crippen LogP contribution >= 0.6 is 0 Å². The van der Waals surface area contributed by atoms with Gasteiger partial charge in [-0.25, -0.2) is 0 Å². The zero-order valence-corrected chi connectivity index (χ0v) is 10.6. The predicted molar refractivity (Wildman–Crippen MR) is 72.0 cm³/mol. The minimum atomic E-state index is 0.0954. The van der Waals surface area contributed by atoms with Gasteiger partial charge in [0, 0.05) is 0 Å². The maximum absolute atomic E-state index is 9.22. The van der Waals surface area contributed by atoms with Crippen molar-refractivity contribution in [3.05, 3.63) is 58.7 Å². The van der Waals surface area contributed by atoms with Gasteiger partial charge in [0.25, 0.3) is 0 Å². The number of hydrogen-bond donors (Lipinski definition) is 1. The first-order valence-electron chi connectivity index (χ1n) is 5.90. The van der Waals surface area contributed by atoms with Crippen molar-refractivity contribution in [2.75, 3.05) is 0 Å². The van der Waals surface area contributed by atoms with E-state index in [1.807, 2.05) is 6.07 Å². The minimum absolute atomic E-state index is 0.0954. The summed E-state index contributed by atoms with van der Waals surface area (Å²) >= 11 is 0. The fourth-order valence-electron chi connectivity index (χ4n) is 2.08.